The summed E-state index contributed by atoms with van der Waals surface area (Å²) in [5.41, 5.74) is 4.89. The van der Waals surface area contributed by atoms with Gasteiger partial charge in [-0.1, -0.05) is 0 Å². The number of aliphatic hydroxyl groups is 1. The standard InChI is InChI=1S/C15H18O3/c1-10(8-17)6-15-12(3)14(4-5-16)11(2)7-13(15)9-18/h6-9,16H,4-5H2,1-3H3. The van der Waals surface area contributed by atoms with Crippen molar-refractivity contribution >= 4 is 18.6 Å². The van der Waals surface area contributed by atoms with E-state index in [1.807, 2.05) is 13.8 Å². The topological polar surface area (TPSA) is 54.4 Å². The van der Waals surface area contributed by atoms with Gasteiger partial charge in [-0.05, 0) is 67.2 Å². The van der Waals surface area contributed by atoms with E-state index in [9.17, 15) is 9.59 Å². The van der Waals surface area contributed by atoms with Crippen LogP contribution in [0.3, 0.4) is 0 Å². The van der Waals surface area contributed by atoms with Crippen molar-refractivity contribution in [3.8, 4) is 0 Å². The second-order valence-corrected chi connectivity index (χ2v) is 4.40. The van der Waals surface area contributed by atoms with E-state index in [0.717, 1.165) is 34.8 Å². The molecule has 0 bridgehead atoms. The lowest BCUT2D eigenvalue weighted by Crippen LogP contribution is -2.03. The number of aryl methyl sites for hydroxylation is 1. The van der Waals surface area contributed by atoms with Crippen molar-refractivity contribution in [3.63, 3.8) is 0 Å². The number of hydrogen-bond donors (Lipinski definition) is 1. The molecule has 0 saturated heterocycles. The van der Waals surface area contributed by atoms with Crippen LogP contribution in [-0.4, -0.2) is 24.3 Å². The van der Waals surface area contributed by atoms with Gasteiger partial charge >= 0.3 is 0 Å². The Morgan fingerprint density at radius 3 is 2.50 bits per heavy atom. The lowest BCUT2D eigenvalue weighted by Gasteiger charge is -2.14. The zero-order valence-electron chi connectivity index (χ0n) is 11.0. The van der Waals surface area contributed by atoms with E-state index >= 15 is 0 Å². The van der Waals surface area contributed by atoms with Crippen LogP contribution in [0.2, 0.25) is 0 Å². The van der Waals surface area contributed by atoms with Gasteiger partial charge in [-0.15, -0.1) is 0 Å². The molecule has 0 aliphatic heterocycles. The first kappa shape index (κ1) is 14.3. The lowest BCUT2D eigenvalue weighted by molar-refractivity contribution is -0.104. The van der Waals surface area contributed by atoms with Gasteiger partial charge in [0.2, 0.25) is 0 Å². The van der Waals surface area contributed by atoms with Crippen LogP contribution in [0.1, 0.15) is 39.5 Å². The van der Waals surface area contributed by atoms with Crippen molar-refractivity contribution < 1.29 is 14.7 Å². The average Bonchev–Trinajstić information content (AvgIpc) is 2.37. The number of benzene rings is 1. The van der Waals surface area contributed by atoms with Crippen molar-refractivity contribution in [1.29, 1.82) is 0 Å². The fourth-order valence-corrected chi connectivity index (χ4v) is 2.12. The first-order valence-electron chi connectivity index (χ1n) is 5.87. The molecule has 0 saturated carbocycles. The predicted molar refractivity (Wildman–Crippen MR) is 71.8 cm³/mol. The van der Waals surface area contributed by atoms with Gasteiger partial charge in [-0.2, -0.15) is 0 Å². The van der Waals surface area contributed by atoms with Crippen LogP contribution in [0.15, 0.2) is 11.6 Å². The Morgan fingerprint density at radius 2 is 2.00 bits per heavy atom. The molecular weight excluding hydrogens is 228 g/mol. The summed E-state index contributed by atoms with van der Waals surface area (Å²) in [6, 6.07) is 1.80. The molecule has 0 aliphatic rings. The molecule has 0 heterocycles. The Balaban J connectivity index is 3.51. The minimum absolute atomic E-state index is 0.0674. The molecule has 3 nitrogen and oxygen atoms in total. The van der Waals surface area contributed by atoms with Crippen LogP contribution in [0.25, 0.3) is 6.08 Å². The molecule has 3 heteroatoms. The fraction of sp³-hybridized carbons (Fsp3) is 0.333. The van der Waals surface area contributed by atoms with Crippen LogP contribution in [-0.2, 0) is 11.2 Å². The van der Waals surface area contributed by atoms with Gasteiger partial charge in [0.15, 0.2) is 6.29 Å². The second-order valence-electron chi connectivity index (χ2n) is 4.40. The largest absolute Gasteiger partial charge is 0.396 e. The van der Waals surface area contributed by atoms with Gasteiger partial charge in [0.05, 0.1) is 0 Å². The number of carbonyl (C=O) groups is 2. The lowest BCUT2D eigenvalue weighted by atomic mass is 9.91. The molecule has 0 radical (unpaired) electrons. The van der Waals surface area contributed by atoms with Crippen LogP contribution in [0.4, 0.5) is 0 Å². The maximum absolute atomic E-state index is 11.1. The normalized spacial score (nSPS) is 11.4. The van der Waals surface area contributed by atoms with Gasteiger partial charge in [0.1, 0.15) is 6.29 Å². The van der Waals surface area contributed by atoms with E-state index in [2.05, 4.69) is 0 Å². The predicted octanol–water partition coefficient (Wildman–Crippen LogP) is 2.25. The van der Waals surface area contributed by atoms with E-state index in [1.165, 1.54) is 0 Å². The summed E-state index contributed by atoms with van der Waals surface area (Å²) in [6.45, 7) is 5.60. The van der Waals surface area contributed by atoms with E-state index in [0.29, 0.717) is 17.6 Å². The molecular formula is C15H18O3. The van der Waals surface area contributed by atoms with E-state index in [1.54, 1.807) is 19.1 Å². The number of hydrogen-bond acceptors (Lipinski definition) is 3. The number of rotatable bonds is 5. The fourth-order valence-electron chi connectivity index (χ4n) is 2.12. The third kappa shape index (κ3) is 2.93. The molecule has 0 unspecified atom stereocenters. The van der Waals surface area contributed by atoms with E-state index in [4.69, 9.17) is 5.11 Å². The number of carbonyl (C=O) groups excluding carboxylic acids is 2. The van der Waals surface area contributed by atoms with Crippen LogP contribution < -0.4 is 0 Å². The Kier molecular flexibility index (Phi) is 4.98. The Morgan fingerprint density at radius 1 is 1.33 bits per heavy atom. The molecule has 96 valence electrons. The molecule has 0 spiro atoms. The van der Waals surface area contributed by atoms with Crippen molar-refractivity contribution in [3.05, 3.63) is 39.5 Å². The monoisotopic (exact) mass is 246 g/mol. The van der Waals surface area contributed by atoms with Gasteiger partial charge in [-0.25, -0.2) is 0 Å². The molecule has 0 atom stereocenters. The van der Waals surface area contributed by atoms with Crippen molar-refractivity contribution in [2.45, 2.75) is 27.2 Å². The number of aldehydes is 2. The SMILES string of the molecule is CC(C=O)=Cc1c(C=O)cc(C)c(CCO)c1C. The van der Waals surface area contributed by atoms with Crippen molar-refractivity contribution in [2.75, 3.05) is 6.61 Å². The van der Waals surface area contributed by atoms with Crippen LogP contribution in [0, 0.1) is 13.8 Å². The average molecular weight is 246 g/mol. The molecule has 0 amide bonds. The number of aliphatic hydroxyl groups excluding tert-OH is 1. The maximum Gasteiger partial charge on any atom is 0.150 e. The highest BCUT2D eigenvalue weighted by Crippen LogP contribution is 2.24. The summed E-state index contributed by atoms with van der Waals surface area (Å²) < 4.78 is 0. The molecule has 1 N–H and O–H groups in total. The highest BCUT2D eigenvalue weighted by atomic mass is 16.3. The zero-order chi connectivity index (χ0) is 13.7. The summed E-state index contributed by atoms with van der Waals surface area (Å²) in [6.07, 6.45) is 3.83. The smallest absolute Gasteiger partial charge is 0.150 e. The first-order valence-corrected chi connectivity index (χ1v) is 5.87. The molecule has 1 rings (SSSR count). The Bertz CT molecular complexity index is 499. The zero-order valence-corrected chi connectivity index (χ0v) is 11.0. The summed E-state index contributed by atoms with van der Waals surface area (Å²) in [7, 11) is 0. The minimum Gasteiger partial charge on any atom is -0.396 e. The second kappa shape index (κ2) is 6.26. The third-order valence-corrected chi connectivity index (χ3v) is 3.06. The van der Waals surface area contributed by atoms with Crippen molar-refractivity contribution in [2.24, 2.45) is 0 Å². The highest BCUT2D eigenvalue weighted by molar-refractivity contribution is 5.89. The number of allylic oxidation sites excluding steroid dienone is 1. The Hall–Kier alpha value is -1.74. The van der Waals surface area contributed by atoms with Gasteiger partial charge < -0.3 is 5.11 Å². The summed E-state index contributed by atoms with van der Waals surface area (Å²) in [4.78, 5) is 21.8. The molecule has 0 fully saturated rings. The van der Waals surface area contributed by atoms with Gasteiger partial charge in [-0.3, -0.25) is 9.59 Å². The first-order chi connectivity index (χ1) is 8.54. The van der Waals surface area contributed by atoms with Gasteiger partial charge in [0.25, 0.3) is 0 Å². The summed E-state index contributed by atoms with van der Waals surface area (Å²) in [5.74, 6) is 0. The molecule has 1 aromatic rings. The maximum atomic E-state index is 11.1. The quantitative estimate of drug-likeness (QED) is 0.640. The summed E-state index contributed by atoms with van der Waals surface area (Å²) >= 11 is 0. The Labute approximate surface area is 107 Å². The highest BCUT2D eigenvalue weighted by Gasteiger charge is 2.11. The van der Waals surface area contributed by atoms with Gasteiger partial charge in [0, 0.05) is 12.2 Å². The minimum atomic E-state index is 0.0674. The molecule has 0 aromatic heterocycles. The summed E-state index contributed by atoms with van der Waals surface area (Å²) in [5, 5.41) is 9.07. The van der Waals surface area contributed by atoms with Crippen molar-refractivity contribution in [1.82, 2.24) is 0 Å². The molecule has 1 aromatic carbocycles. The van der Waals surface area contributed by atoms with Crippen LogP contribution >= 0.6 is 0 Å². The molecule has 18 heavy (non-hydrogen) atoms. The van der Waals surface area contributed by atoms with Crippen LogP contribution in [0.5, 0.6) is 0 Å². The third-order valence-electron chi connectivity index (χ3n) is 3.06. The molecule has 0 aliphatic carbocycles. The van der Waals surface area contributed by atoms with E-state index < -0.39 is 0 Å². The van der Waals surface area contributed by atoms with E-state index in [-0.39, 0.29) is 6.61 Å².